The quantitative estimate of drug-likeness (QED) is 0.848. The lowest BCUT2D eigenvalue weighted by atomic mass is 10.2. The van der Waals surface area contributed by atoms with Gasteiger partial charge in [-0.2, -0.15) is 5.26 Å². The van der Waals surface area contributed by atoms with Crippen LogP contribution in [0.4, 0.5) is 5.69 Å². The SMILES string of the molecule is N#Cc1ccc(NS(=O)(=O)CCCCl)c(Cl)c1. The van der Waals surface area contributed by atoms with E-state index in [0.29, 0.717) is 12.0 Å². The Balaban J connectivity index is 2.86. The summed E-state index contributed by atoms with van der Waals surface area (Å²) in [7, 11) is -3.44. The predicted octanol–water partition coefficient (Wildman–Crippen LogP) is 2.58. The van der Waals surface area contributed by atoms with Crippen molar-refractivity contribution in [3.8, 4) is 6.07 Å². The molecule has 1 rings (SSSR count). The minimum atomic E-state index is -3.44. The highest BCUT2D eigenvalue weighted by molar-refractivity contribution is 7.92. The lowest BCUT2D eigenvalue weighted by molar-refractivity contribution is 0.600. The van der Waals surface area contributed by atoms with Gasteiger partial charge in [-0.1, -0.05) is 11.6 Å². The molecule has 1 N–H and O–H groups in total. The fraction of sp³-hybridized carbons (Fsp3) is 0.300. The van der Waals surface area contributed by atoms with Crippen LogP contribution in [0.3, 0.4) is 0 Å². The number of hydrogen-bond donors (Lipinski definition) is 1. The monoisotopic (exact) mass is 292 g/mol. The van der Waals surface area contributed by atoms with E-state index in [1.165, 1.54) is 18.2 Å². The molecule has 1 aromatic rings. The molecule has 92 valence electrons. The molecule has 1 aromatic carbocycles. The van der Waals surface area contributed by atoms with Gasteiger partial charge in [0.15, 0.2) is 0 Å². The van der Waals surface area contributed by atoms with Gasteiger partial charge >= 0.3 is 0 Å². The Bertz CT molecular complexity index is 538. The van der Waals surface area contributed by atoms with Gasteiger partial charge in [-0.05, 0) is 24.6 Å². The average molecular weight is 293 g/mol. The zero-order valence-electron chi connectivity index (χ0n) is 8.78. The molecule has 0 unspecified atom stereocenters. The standard InChI is InChI=1S/C10H10Cl2N2O2S/c11-4-1-5-17(15,16)14-10-3-2-8(7-13)6-9(10)12/h2-3,6,14H,1,4-5H2. The van der Waals surface area contributed by atoms with Crippen molar-refractivity contribution >= 4 is 38.9 Å². The van der Waals surface area contributed by atoms with Gasteiger partial charge in [-0.3, -0.25) is 4.72 Å². The Morgan fingerprint density at radius 1 is 1.41 bits per heavy atom. The molecule has 0 aliphatic carbocycles. The summed E-state index contributed by atoms with van der Waals surface area (Å²) in [5.41, 5.74) is 0.638. The third kappa shape index (κ3) is 4.43. The second-order valence-electron chi connectivity index (χ2n) is 3.27. The molecule has 0 aliphatic heterocycles. The molecule has 0 amide bonds. The Morgan fingerprint density at radius 3 is 2.65 bits per heavy atom. The molecule has 17 heavy (non-hydrogen) atoms. The first kappa shape index (κ1) is 14.1. The van der Waals surface area contributed by atoms with Gasteiger partial charge in [-0.15, -0.1) is 11.6 Å². The smallest absolute Gasteiger partial charge is 0.232 e. The fourth-order valence-electron chi connectivity index (χ4n) is 1.13. The van der Waals surface area contributed by atoms with Crippen molar-refractivity contribution in [1.29, 1.82) is 5.26 Å². The number of anilines is 1. The third-order valence-corrected chi connectivity index (χ3v) is 3.85. The maximum absolute atomic E-state index is 11.6. The van der Waals surface area contributed by atoms with Crippen LogP contribution in [-0.4, -0.2) is 20.1 Å². The molecular weight excluding hydrogens is 283 g/mol. The second kappa shape index (κ2) is 6.10. The van der Waals surface area contributed by atoms with Crippen molar-refractivity contribution in [2.75, 3.05) is 16.4 Å². The molecule has 0 radical (unpaired) electrons. The zero-order chi connectivity index (χ0) is 12.9. The van der Waals surface area contributed by atoms with Gasteiger partial charge in [0.05, 0.1) is 28.1 Å². The number of hydrogen-bond acceptors (Lipinski definition) is 3. The highest BCUT2D eigenvalue weighted by atomic mass is 35.5. The van der Waals surface area contributed by atoms with E-state index in [9.17, 15) is 8.42 Å². The van der Waals surface area contributed by atoms with E-state index in [1.54, 1.807) is 0 Å². The molecule has 0 saturated carbocycles. The molecule has 0 fully saturated rings. The lowest BCUT2D eigenvalue weighted by Gasteiger charge is -2.08. The first-order valence-electron chi connectivity index (χ1n) is 4.74. The minimum Gasteiger partial charge on any atom is -0.282 e. The number of benzene rings is 1. The summed E-state index contributed by atoms with van der Waals surface area (Å²) < 4.78 is 25.5. The summed E-state index contributed by atoms with van der Waals surface area (Å²) in [6, 6.07) is 6.27. The molecule has 0 spiro atoms. The van der Waals surface area contributed by atoms with Crippen molar-refractivity contribution in [3.63, 3.8) is 0 Å². The van der Waals surface area contributed by atoms with Crippen LogP contribution in [0, 0.1) is 11.3 Å². The van der Waals surface area contributed by atoms with E-state index in [1.807, 2.05) is 6.07 Å². The number of nitriles is 1. The Labute approximate surface area is 110 Å². The van der Waals surface area contributed by atoms with Crippen LogP contribution in [0.25, 0.3) is 0 Å². The van der Waals surface area contributed by atoms with E-state index in [4.69, 9.17) is 28.5 Å². The normalized spacial score (nSPS) is 10.9. The molecule has 0 atom stereocenters. The van der Waals surface area contributed by atoms with E-state index >= 15 is 0 Å². The van der Waals surface area contributed by atoms with E-state index in [2.05, 4.69) is 4.72 Å². The van der Waals surface area contributed by atoms with E-state index in [-0.39, 0.29) is 22.3 Å². The van der Waals surface area contributed by atoms with Crippen LogP contribution in [0.15, 0.2) is 18.2 Å². The molecule has 0 aliphatic rings. The number of nitrogens with one attached hydrogen (secondary N) is 1. The topological polar surface area (TPSA) is 70.0 Å². The van der Waals surface area contributed by atoms with Crippen molar-refractivity contribution in [3.05, 3.63) is 28.8 Å². The maximum Gasteiger partial charge on any atom is 0.232 e. The van der Waals surface area contributed by atoms with Crippen molar-refractivity contribution < 1.29 is 8.42 Å². The Kier molecular flexibility index (Phi) is 5.06. The number of halogens is 2. The average Bonchev–Trinajstić information content (AvgIpc) is 2.29. The third-order valence-electron chi connectivity index (χ3n) is 1.91. The number of sulfonamides is 1. The number of rotatable bonds is 5. The first-order valence-corrected chi connectivity index (χ1v) is 7.31. The Hall–Kier alpha value is -0.960. The van der Waals surface area contributed by atoms with Crippen LogP contribution in [0.2, 0.25) is 5.02 Å². The number of alkyl halides is 1. The minimum absolute atomic E-state index is 0.0627. The van der Waals surface area contributed by atoms with E-state index < -0.39 is 10.0 Å². The van der Waals surface area contributed by atoms with Gasteiger partial charge in [0, 0.05) is 5.88 Å². The zero-order valence-corrected chi connectivity index (χ0v) is 11.1. The summed E-state index contributed by atoms with van der Waals surface area (Å²) in [6.07, 6.45) is 0.366. The molecule has 0 aromatic heterocycles. The lowest BCUT2D eigenvalue weighted by Crippen LogP contribution is -2.17. The summed E-state index contributed by atoms with van der Waals surface area (Å²) in [6.45, 7) is 0. The number of nitrogens with zero attached hydrogens (tertiary/aromatic N) is 1. The van der Waals surface area contributed by atoms with Crippen LogP contribution in [-0.2, 0) is 10.0 Å². The molecule has 0 saturated heterocycles. The summed E-state index contributed by atoms with van der Waals surface area (Å²) >= 11 is 11.3. The maximum atomic E-state index is 11.6. The molecule has 0 heterocycles. The van der Waals surface area contributed by atoms with Gasteiger partial charge in [-0.25, -0.2) is 8.42 Å². The van der Waals surface area contributed by atoms with Gasteiger partial charge in [0.2, 0.25) is 10.0 Å². The summed E-state index contributed by atoms with van der Waals surface area (Å²) in [5, 5.41) is 8.83. The largest absolute Gasteiger partial charge is 0.282 e. The first-order chi connectivity index (χ1) is 7.98. The van der Waals surface area contributed by atoms with Crippen LogP contribution >= 0.6 is 23.2 Å². The molecule has 7 heteroatoms. The highest BCUT2D eigenvalue weighted by Gasteiger charge is 2.12. The van der Waals surface area contributed by atoms with Gasteiger partial charge < -0.3 is 0 Å². The van der Waals surface area contributed by atoms with Crippen LogP contribution < -0.4 is 4.72 Å². The second-order valence-corrected chi connectivity index (χ2v) is 5.90. The van der Waals surface area contributed by atoms with Crippen molar-refractivity contribution in [2.45, 2.75) is 6.42 Å². The highest BCUT2D eigenvalue weighted by Crippen LogP contribution is 2.23. The van der Waals surface area contributed by atoms with Crippen molar-refractivity contribution in [1.82, 2.24) is 0 Å². The molecule has 0 bridgehead atoms. The molecular formula is C10H10Cl2N2O2S. The Morgan fingerprint density at radius 2 is 2.12 bits per heavy atom. The summed E-state index contributed by atoms with van der Waals surface area (Å²) in [4.78, 5) is 0. The van der Waals surface area contributed by atoms with Gasteiger partial charge in [0.1, 0.15) is 0 Å². The van der Waals surface area contributed by atoms with Gasteiger partial charge in [0.25, 0.3) is 0 Å². The van der Waals surface area contributed by atoms with Crippen LogP contribution in [0.1, 0.15) is 12.0 Å². The predicted molar refractivity (Wildman–Crippen MR) is 68.9 cm³/mol. The fourth-order valence-corrected chi connectivity index (χ4v) is 2.85. The van der Waals surface area contributed by atoms with E-state index in [0.717, 1.165) is 0 Å². The van der Waals surface area contributed by atoms with Crippen LogP contribution in [0.5, 0.6) is 0 Å². The van der Waals surface area contributed by atoms with Crippen molar-refractivity contribution in [2.24, 2.45) is 0 Å². The molecule has 4 nitrogen and oxygen atoms in total. The summed E-state index contributed by atoms with van der Waals surface area (Å²) in [5.74, 6) is 0.217.